The van der Waals surface area contributed by atoms with Gasteiger partial charge in [-0.15, -0.1) is 0 Å². The lowest BCUT2D eigenvalue weighted by molar-refractivity contribution is 0.0215. The lowest BCUT2D eigenvalue weighted by Gasteiger charge is -2.16. The van der Waals surface area contributed by atoms with Crippen LogP contribution in [0, 0.1) is 0 Å². The van der Waals surface area contributed by atoms with E-state index in [0.717, 1.165) is 0 Å². The van der Waals surface area contributed by atoms with Crippen LogP contribution >= 0.6 is 0 Å². The van der Waals surface area contributed by atoms with Crippen molar-refractivity contribution in [3.05, 3.63) is 23.8 Å². The Kier molecular flexibility index (Phi) is 6.17. The number of benzene rings is 1. The normalized spacial score (nSPS) is 10.7. The van der Waals surface area contributed by atoms with Crippen LogP contribution in [0.3, 0.4) is 0 Å². The fraction of sp³-hybridized carbons (Fsp3) is 0.462. The Morgan fingerprint density at radius 1 is 1.45 bits per heavy atom. The third-order valence-corrected chi connectivity index (χ3v) is 2.49. The SMILES string of the molecule is CN(C)C(=O)c1ccc(N)cc1NCCOCC(F)F. The van der Waals surface area contributed by atoms with E-state index in [9.17, 15) is 13.6 Å². The molecule has 1 rings (SSSR count). The third kappa shape index (κ3) is 5.00. The highest BCUT2D eigenvalue weighted by Gasteiger charge is 2.13. The predicted octanol–water partition coefficient (Wildman–Crippen LogP) is 1.66. The minimum atomic E-state index is -2.48. The van der Waals surface area contributed by atoms with Crippen molar-refractivity contribution in [1.29, 1.82) is 0 Å². The summed E-state index contributed by atoms with van der Waals surface area (Å²) in [6.07, 6.45) is -2.48. The molecule has 0 saturated carbocycles. The number of anilines is 2. The minimum absolute atomic E-state index is 0.120. The molecule has 0 aliphatic carbocycles. The largest absolute Gasteiger partial charge is 0.399 e. The summed E-state index contributed by atoms with van der Waals surface area (Å²) < 4.78 is 28.5. The number of hydrogen-bond donors (Lipinski definition) is 2. The van der Waals surface area contributed by atoms with E-state index in [-0.39, 0.29) is 12.5 Å². The molecule has 1 amide bonds. The summed E-state index contributed by atoms with van der Waals surface area (Å²) in [5, 5.41) is 2.97. The molecule has 7 heteroatoms. The second kappa shape index (κ2) is 7.64. The molecule has 0 saturated heterocycles. The molecule has 5 nitrogen and oxygen atoms in total. The van der Waals surface area contributed by atoms with Gasteiger partial charge in [-0.2, -0.15) is 0 Å². The molecule has 0 spiro atoms. The lowest BCUT2D eigenvalue weighted by Crippen LogP contribution is -2.23. The smallest absolute Gasteiger partial charge is 0.261 e. The highest BCUT2D eigenvalue weighted by Crippen LogP contribution is 2.20. The summed E-state index contributed by atoms with van der Waals surface area (Å²) in [6, 6.07) is 4.89. The zero-order valence-electron chi connectivity index (χ0n) is 11.5. The summed E-state index contributed by atoms with van der Waals surface area (Å²) in [7, 11) is 3.29. The van der Waals surface area contributed by atoms with E-state index in [2.05, 4.69) is 5.32 Å². The van der Waals surface area contributed by atoms with Gasteiger partial charge in [0.25, 0.3) is 12.3 Å². The van der Waals surface area contributed by atoms with E-state index in [1.807, 2.05) is 0 Å². The van der Waals surface area contributed by atoms with Gasteiger partial charge >= 0.3 is 0 Å². The van der Waals surface area contributed by atoms with Crippen LogP contribution in [0.1, 0.15) is 10.4 Å². The number of amides is 1. The van der Waals surface area contributed by atoms with Crippen molar-refractivity contribution in [2.75, 3.05) is 44.9 Å². The molecule has 0 aromatic heterocycles. The van der Waals surface area contributed by atoms with Gasteiger partial charge < -0.3 is 20.7 Å². The van der Waals surface area contributed by atoms with Gasteiger partial charge in [0, 0.05) is 32.0 Å². The first kappa shape index (κ1) is 16.2. The van der Waals surface area contributed by atoms with Gasteiger partial charge in [0.05, 0.1) is 12.2 Å². The second-order valence-electron chi connectivity index (χ2n) is 4.40. The van der Waals surface area contributed by atoms with Crippen LogP contribution in [-0.2, 0) is 4.74 Å². The molecule has 0 unspecified atom stereocenters. The van der Waals surface area contributed by atoms with Gasteiger partial charge in [-0.05, 0) is 18.2 Å². The van der Waals surface area contributed by atoms with Crippen LogP contribution in [0.5, 0.6) is 0 Å². The number of ether oxygens (including phenoxy) is 1. The number of halogens is 2. The van der Waals surface area contributed by atoms with Gasteiger partial charge in [-0.1, -0.05) is 0 Å². The first-order valence-corrected chi connectivity index (χ1v) is 6.12. The van der Waals surface area contributed by atoms with Gasteiger partial charge in [0.2, 0.25) is 0 Å². The highest BCUT2D eigenvalue weighted by molar-refractivity contribution is 5.99. The van der Waals surface area contributed by atoms with Crippen LogP contribution in [0.25, 0.3) is 0 Å². The summed E-state index contributed by atoms with van der Waals surface area (Å²) in [6.45, 7) is -0.166. The number of nitrogens with two attached hydrogens (primary N) is 1. The molecule has 0 heterocycles. The van der Waals surface area contributed by atoms with Gasteiger partial charge in [0.1, 0.15) is 6.61 Å². The van der Waals surface area contributed by atoms with E-state index < -0.39 is 13.0 Å². The Morgan fingerprint density at radius 3 is 2.75 bits per heavy atom. The molecule has 20 heavy (non-hydrogen) atoms. The standard InChI is InChI=1S/C13H19F2N3O2/c1-18(2)13(19)10-4-3-9(16)7-11(10)17-5-6-20-8-12(14)15/h3-4,7,12,17H,5-6,8,16H2,1-2H3. The van der Waals surface area contributed by atoms with Crippen molar-refractivity contribution >= 4 is 17.3 Å². The molecule has 0 aliphatic rings. The van der Waals surface area contributed by atoms with E-state index in [4.69, 9.17) is 10.5 Å². The Balaban J connectivity index is 2.63. The summed E-state index contributed by atoms with van der Waals surface area (Å²) in [5.74, 6) is -0.166. The average molecular weight is 287 g/mol. The summed E-state index contributed by atoms with van der Waals surface area (Å²) in [5.41, 5.74) is 7.22. The van der Waals surface area contributed by atoms with Gasteiger partial charge in [0.15, 0.2) is 0 Å². The molecular formula is C13H19F2N3O2. The first-order chi connectivity index (χ1) is 9.41. The Labute approximate surface area is 116 Å². The van der Waals surface area contributed by atoms with Crippen LogP contribution in [0.15, 0.2) is 18.2 Å². The van der Waals surface area contributed by atoms with Crippen molar-refractivity contribution in [2.45, 2.75) is 6.43 Å². The number of nitrogens with zero attached hydrogens (tertiary/aromatic N) is 1. The predicted molar refractivity (Wildman–Crippen MR) is 74.2 cm³/mol. The molecule has 0 fully saturated rings. The number of alkyl halides is 2. The van der Waals surface area contributed by atoms with Crippen molar-refractivity contribution in [3.8, 4) is 0 Å². The van der Waals surface area contributed by atoms with E-state index in [0.29, 0.717) is 23.5 Å². The molecule has 0 aliphatic heterocycles. The molecule has 0 atom stereocenters. The number of rotatable bonds is 7. The molecule has 1 aromatic rings. The van der Waals surface area contributed by atoms with Gasteiger partial charge in [-0.25, -0.2) is 8.78 Å². The highest BCUT2D eigenvalue weighted by atomic mass is 19.3. The second-order valence-corrected chi connectivity index (χ2v) is 4.40. The lowest BCUT2D eigenvalue weighted by atomic mass is 10.1. The molecule has 0 radical (unpaired) electrons. The third-order valence-electron chi connectivity index (χ3n) is 2.49. The van der Waals surface area contributed by atoms with E-state index >= 15 is 0 Å². The maximum Gasteiger partial charge on any atom is 0.261 e. The van der Waals surface area contributed by atoms with Crippen LogP contribution in [0.2, 0.25) is 0 Å². The maximum absolute atomic E-state index is 12.0. The monoisotopic (exact) mass is 287 g/mol. The van der Waals surface area contributed by atoms with Crippen molar-refractivity contribution < 1.29 is 18.3 Å². The van der Waals surface area contributed by atoms with Crippen LogP contribution in [0.4, 0.5) is 20.2 Å². The van der Waals surface area contributed by atoms with Crippen LogP contribution in [-0.4, -0.2) is 51.1 Å². The van der Waals surface area contributed by atoms with Crippen molar-refractivity contribution in [1.82, 2.24) is 4.90 Å². The summed E-state index contributed by atoms with van der Waals surface area (Å²) in [4.78, 5) is 13.4. The summed E-state index contributed by atoms with van der Waals surface area (Å²) >= 11 is 0. The fourth-order valence-electron chi connectivity index (χ4n) is 1.57. The average Bonchev–Trinajstić information content (AvgIpc) is 2.37. The Hall–Kier alpha value is -1.89. The Morgan fingerprint density at radius 2 is 2.15 bits per heavy atom. The zero-order chi connectivity index (χ0) is 15.1. The van der Waals surface area contributed by atoms with Crippen molar-refractivity contribution in [3.63, 3.8) is 0 Å². The van der Waals surface area contributed by atoms with E-state index in [1.54, 1.807) is 32.3 Å². The molecule has 0 bridgehead atoms. The van der Waals surface area contributed by atoms with Crippen LogP contribution < -0.4 is 11.1 Å². The topological polar surface area (TPSA) is 67.6 Å². The number of hydrogen-bond acceptors (Lipinski definition) is 4. The zero-order valence-corrected chi connectivity index (χ0v) is 11.5. The maximum atomic E-state index is 12.0. The Bertz CT molecular complexity index is 453. The molecule has 3 N–H and O–H groups in total. The fourth-order valence-corrected chi connectivity index (χ4v) is 1.57. The first-order valence-electron chi connectivity index (χ1n) is 6.12. The molecular weight excluding hydrogens is 268 g/mol. The number of carbonyl (C=O) groups is 1. The van der Waals surface area contributed by atoms with E-state index in [1.165, 1.54) is 4.90 Å². The van der Waals surface area contributed by atoms with Crippen molar-refractivity contribution in [2.24, 2.45) is 0 Å². The number of nitrogens with one attached hydrogen (secondary N) is 1. The minimum Gasteiger partial charge on any atom is -0.399 e. The molecule has 112 valence electrons. The number of carbonyl (C=O) groups excluding carboxylic acids is 1. The molecule has 1 aromatic carbocycles. The quantitative estimate of drug-likeness (QED) is 0.591. The number of nitrogen functional groups attached to an aromatic ring is 1. The van der Waals surface area contributed by atoms with Gasteiger partial charge in [-0.3, -0.25) is 4.79 Å².